The lowest BCUT2D eigenvalue weighted by atomic mass is 10.3. The van der Waals surface area contributed by atoms with Crippen molar-refractivity contribution in [3.63, 3.8) is 0 Å². The van der Waals surface area contributed by atoms with Crippen LogP contribution in [0.3, 0.4) is 0 Å². The van der Waals surface area contributed by atoms with Crippen molar-refractivity contribution in [3.05, 3.63) is 0 Å². The molecule has 1 atom stereocenters. The molecule has 0 aromatic rings. The molecule has 0 spiro atoms. The van der Waals surface area contributed by atoms with Gasteiger partial charge >= 0.3 is 13.6 Å². The molecule has 2 N–H and O–H groups in total. The van der Waals surface area contributed by atoms with E-state index in [1.54, 1.807) is 13.8 Å². The minimum atomic E-state index is -3.50. The maximum absolute atomic E-state index is 12.1. The van der Waals surface area contributed by atoms with E-state index in [1.165, 1.54) is 0 Å². The fourth-order valence-electron chi connectivity index (χ4n) is 1.68. The molecule has 0 aromatic carbocycles. The zero-order valence-electron chi connectivity index (χ0n) is 11.5. The Morgan fingerprint density at radius 3 is 2.45 bits per heavy atom. The van der Waals surface area contributed by atoms with Gasteiger partial charge in [0.2, 0.25) is 0 Å². The Morgan fingerprint density at radius 1 is 1.35 bits per heavy atom. The van der Waals surface area contributed by atoms with E-state index in [-0.39, 0.29) is 25.6 Å². The zero-order valence-corrected chi connectivity index (χ0v) is 13.2. The molecule has 20 heavy (non-hydrogen) atoms. The third-order valence-corrected chi connectivity index (χ3v) is 5.69. The molecule has 1 heterocycles. The third kappa shape index (κ3) is 6.09. The second-order valence-corrected chi connectivity index (χ2v) is 7.94. The summed E-state index contributed by atoms with van der Waals surface area (Å²) in [5.41, 5.74) is 0. The molecule has 0 saturated carbocycles. The quantitative estimate of drug-likeness (QED) is 0.539. The Hall–Kier alpha value is -0.150. The standard InChI is InChI=1S/C10H21O8PS/c1-3-15-19(12,16-4-2)7-10(11)18-9-5-6-17-20(13,14)8-9/h9,13-14H,3-8H2,1-2H3. The van der Waals surface area contributed by atoms with E-state index in [0.29, 0.717) is 6.42 Å². The van der Waals surface area contributed by atoms with Crippen molar-refractivity contribution >= 4 is 24.4 Å². The van der Waals surface area contributed by atoms with Crippen molar-refractivity contribution in [2.45, 2.75) is 26.4 Å². The number of carbonyl (C=O) groups excluding carboxylic acids is 1. The molecule has 0 bridgehead atoms. The maximum atomic E-state index is 12.1. The Labute approximate surface area is 119 Å². The van der Waals surface area contributed by atoms with E-state index in [4.69, 9.17) is 18.0 Å². The number of hydrogen-bond acceptors (Lipinski definition) is 8. The highest BCUT2D eigenvalue weighted by Crippen LogP contribution is 2.48. The fourth-order valence-corrected chi connectivity index (χ4v) is 4.30. The van der Waals surface area contributed by atoms with Crippen LogP contribution in [0.25, 0.3) is 0 Å². The molecule has 0 aromatic heterocycles. The van der Waals surface area contributed by atoms with Gasteiger partial charge in [0.15, 0.2) is 0 Å². The first-order chi connectivity index (χ1) is 9.30. The van der Waals surface area contributed by atoms with Crippen LogP contribution >= 0.6 is 18.5 Å². The lowest BCUT2D eigenvalue weighted by Gasteiger charge is -2.34. The monoisotopic (exact) mass is 332 g/mol. The largest absolute Gasteiger partial charge is 0.461 e. The third-order valence-electron chi connectivity index (χ3n) is 2.39. The van der Waals surface area contributed by atoms with Crippen molar-refractivity contribution in [1.29, 1.82) is 0 Å². The first-order valence-corrected chi connectivity index (χ1v) is 9.65. The normalized spacial score (nSPS) is 24.1. The van der Waals surface area contributed by atoms with E-state index in [1.807, 2.05) is 0 Å². The van der Waals surface area contributed by atoms with Crippen molar-refractivity contribution in [2.75, 3.05) is 31.7 Å². The maximum Gasteiger partial charge on any atom is 0.341 e. The summed E-state index contributed by atoms with van der Waals surface area (Å²) < 4.78 is 50.7. The molecule has 1 rings (SSSR count). The summed E-state index contributed by atoms with van der Waals surface area (Å²) in [5, 5.41) is 0. The van der Waals surface area contributed by atoms with Crippen molar-refractivity contribution in [3.8, 4) is 0 Å². The van der Waals surface area contributed by atoms with Crippen molar-refractivity contribution in [2.24, 2.45) is 0 Å². The van der Waals surface area contributed by atoms with Crippen molar-refractivity contribution < 1.29 is 36.4 Å². The van der Waals surface area contributed by atoms with Gasteiger partial charge in [0, 0.05) is 6.42 Å². The summed E-state index contributed by atoms with van der Waals surface area (Å²) in [6.45, 7) is 3.69. The average molecular weight is 332 g/mol. The Bertz CT molecular complexity index is 364. The van der Waals surface area contributed by atoms with Crippen LogP contribution in [0.15, 0.2) is 0 Å². The van der Waals surface area contributed by atoms with E-state index >= 15 is 0 Å². The number of carbonyl (C=O) groups is 1. The van der Waals surface area contributed by atoms with Gasteiger partial charge in [-0.1, -0.05) is 0 Å². The van der Waals surface area contributed by atoms with Crippen LogP contribution < -0.4 is 0 Å². The number of hydrogen-bond donors (Lipinski definition) is 2. The molecule has 0 radical (unpaired) electrons. The molecular weight excluding hydrogens is 311 g/mol. The summed E-state index contributed by atoms with van der Waals surface area (Å²) in [7, 11) is -6.65. The zero-order chi connectivity index (χ0) is 15.2. The molecule has 120 valence electrons. The van der Waals surface area contributed by atoms with Crippen LogP contribution in [0, 0.1) is 0 Å². The van der Waals surface area contributed by atoms with E-state index in [2.05, 4.69) is 0 Å². The molecule has 1 fully saturated rings. The number of esters is 1. The highest BCUT2D eigenvalue weighted by atomic mass is 32.3. The SMILES string of the molecule is CCOP(=O)(CC(=O)OC1CCOS(O)(O)C1)OCC. The first kappa shape index (κ1) is 17.9. The van der Waals surface area contributed by atoms with Gasteiger partial charge in [-0.3, -0.25) is 13.5 Å². The highest BCUT2D eigenvalue weighted by molar-refractivity contribution is 8.20. The van der Waals surface area contributed by atoms with Crippen LogP contribution in [-0.4, -0.2) is 52.9 Å². The van der Waals surface area contributed by atoms with Gasteiger partial charge in [0.05, 0.1) is 36.4 Å². The van der Waals surface area contributed by atoms with Gasteiger partial charge < -0.3 is 22.9 Å². The fraction of sp³-hybridized carbons (Fsp3) is 0.900. The first-order valence-electron chi connectivity index (χ1n) is 6.28. The Balaban J connectivity index is 2.51. The molecular formula is C10H21O8PS. The molecule has 1 aliphatic heterocycles. The molecule has 0 aliphatic carbocycles. The summed E-state index contributed by atoms with van der Waals surface area (Å²) >= 11 is 0. The average Bonchev–Trinajstić information content (AvgIpc) is 2.27. The summed E-state index contributed by atoms with van der Waals surface area (Å²) in [6.07, 6.45) is -0.807. The lowest BCUT2D eigenvalue weighted by molar-refractivity contribution is -0.146. The van der Waals surface area contributed by atoms with Crippen LogP contribution in [-0.2, 0) is 27.3 Å². The van der Waals surface area contributed by atoms with Crippen LogP contribution in [0.2, 0.25) is 0 Å². The van der Waals surface area contributed by atoms with E-state index in [9.17, 15) is 18.5 Å². The predicted octanol–water partition coefficient (Wildman–Crippen LogP) is 2.25. The molecule has 1 aliphatic rings. The lowest BCUT2D eigenvalue weighted by Crippen LogP contribution is -2.32. The van der Waals surface area contributed by atoms with Crippen LogP contribution in [0.4, 0.5) is 0 Å². The predicted molar refractivity (Wildman–Crippen MR) is 73.9 cm³/mol. The van der Waals surface area contributed by atoms with Gasteiger partial charge in [-0.25, -0.2) is 0 Å². The van der Waals surface area contributed by atoms with E-state index in [0.717, 1.165) is 0 Å². The molecule has 8 nitrogen and oxygen atoms in total. The van der Waals surface area contributed by atoms with Crippen LogP contribution in [0.1, 0.15) is 20.3 Å². The molecule has 1 saturated heterocycles. The van der Waals surface area contributed by atoms with E-state index < -0.39 is 36.7 Å². The summed E-state index contributed by atoms with van der Waals surface area (Å²) in [6, 6.07) is 0. The van der Waals surface area contributed by atoms with Crippen LogP contribution in [0.5, 0.6) is 0 Å². The Morgan fingerprint density at radius 2 is 1.95 bits per heavy atom. The minimum Gasteiger partial charge on any atom is -0.461 e. The summed E-state index contributed by atoms with van der Waals surface area (Å²) in [5.74, 6) is -0.927. The minimum absolute atomic E-state index is 0.0921. The number of rotatable bonds is 7. The Kier molecular flexibility index (Phi) is 6.93. The van der Waals surface area contributed by atoms with Crippen molar-refractivity contribution in [1.82, 2.24) is 0 Å². The number of ether oxygens (including phenoxy) is 1. The van der Waals surface area contributed by atoms with Gasteiger partial charge in [0.25, 0.3) is 0 Å². The van der Waals surface area contributed by atoms with Gasteiger partial charge in [-0.15, -0.1) is 0 Å². The topological polar surface area (TPSA) is 112 Å². The summed E-state index contributed by atoms with van der Waals surface area (Å²) in [4.78, 5) is 11.7. The van der Waals surface area contributed by atoms with Gasteiger partial charge in [-0.05, 0) is 13.8 Å². The highest BCUT2D eigenvalue weighted by Gasteiger charge is 2.34. The second kappa shape index (κ2) is 7.74. The molecule has 0 amide bonds. The smallest absolute Gasteiger partial charge is 0.341 e. The molecule has 10 heteroatoms. The molecule has 1 unspecified atom stereocenters. The second-order valence-electron chi connectivity index (χ2n) is 4.10. The van der Waals surface area contributed by atoms with Gasteiger partial charge in [0.1, 0.15) is 12.3 Å². The van der Waals surface area contributed by atoms with Gasteiger partial charge in [-0.2, -0.15) is 0 Å².